The van der Waals surface area contributed by atoms with E-state index in [2.05, 4.69) is 70.1 Å². The molecule has 7 heteroatoms. The number of aryl methyl sites for hydroxylation is 1. The number of hydrogen-bond acceptors (Lipinski definition) is 4. The molecule has 0 aliphatic carbocycles. The Bertz CT molecular complexity index is 754. The Labute approximate surface area is 185 Å². The summed E-state index contributed by atoms with van der Waals surface area (Å²) in [6.07, 6.45) is 2.97. The van der Waals surface area contributed by atoms with E-state index in [1.54, 1.807) is 6.20 Å². The number of likely N-dealkylation sites (tertiary alicyclic amines) is 1. The van der Waals surface area contributed by atoms with Gasteiger partial charge in [0.1, 0.15) is 0 Å². The van der Waals surface area contributed by atoms with Gasteiger partial charge in [-0.15, -0.1) is 24.0 Å². The second-order valence-electron chi connectivity index (χ2n) is 6.99. The van der Waals surface area contributed by atoms with E-state index in [9.17, 15) is 0 Å². The van der Waals surface area contributed by atoms with E-state index in [0.717, 1.165) is 43.5 Å². The molecule has 0 bridgehead atoms. The van der Waals surface area contributed by atoms with Crippen LogP contribution in [0.4, 0.5) is 0 Å². The Morgan fingerprint density at radius 1 is 1.29 bits per heavy atom. The summed E-state index contributed by atoms with van der Waals surface area (Å²) in [5.74, 6) is 2.38. The summed E-state index contributed by atoms with van der Waals surface area (Å²) in [7, 11) is 1.83. The topological polar surface area (TPSA) is 56.9 Å². The van der Waals surface area contributed by atoms with E-state index in [-0.39, 0.29) is 24.0 Å². The highest BCUT2D eigenvalue weighted by atomic mass is 127. The van der Waals surface area contributed by atoms with Crippen molar-refractivity contribution in [1.82, 2.24) is 20.1 Å². The molecule has 2 heterocycles. The molecule has 0 spiro atoms. The van der Waals surface area contributed by atoms with Crippen molar-refractivity contribution in [1.29, 1.82) is 0 Å². The van der Waals surface area contributed by atoms with Gasteiger partial charge < -0.3 is 14.6 Å². The molecule has 1 fully saturated rings. The second-order valence-corrected chi connectivity index (χ2v) is 6.99. The maximum atomic E-state index is 5.91. The van der Waals surface area contributed by atoms with Crippen molar-refractivity contribution < 1.29 is 4.42 Å². The first-order valence-corrected chi connectivity index (χ1v) is 9.86. The quantitative estimate of drug-likeness (QED) is 0.374. The standard InChI is InChI=1S/C21H31N5O.HI/c1-5-25(6-2)18-11-12-26(15-18)21(22-4)24-14-20-23-13-19(27-20)17-9-7-16(3)8-10-17;/h7-10,13,18H,5-6,11-12,14-15H2,1-4H3,(H,22,24);1H. The van der Waals surface area contributed by atoms with Crippen LogP contribution in [0.3, 0.4) is 0 Å². The van der Waals surface area contributed by atoms with Gasteiger partial charge in [-0.3, -0.25) is 9.89 Å². The van der Waals surface area contributed by atoms with Gasteiger partial charge in [0.25, 0.3) is 0 Å². The van der Waals surface area contributed by atoms with Gasteiger partial charge in [0.15, 0.2) is 11.7 Å². The molecule has 1 atom stereocenters. The molecule has 1 aliphatic heterocycles. The fourth-order valence-electron chi connectivity index (χ4n) is 3.70. The Balaban J connectivity index is 0.00000280. The number of likely N-dealkylation sites (N-methyl/N-ethyl adjacent to an activating group) is 1. The van der Waals surface area contributed by atoms with E-state index in [0.29, 0.717) is 18.5 Å². The maximum absolute atomic E-state index is 5.91. The zero-order valence-electron chi connectivity index (χ0n) is 17.3. The molecule has 6 nitrogen and oxygen atoms in total. The molecule has 0 radical (unpaired) electrons. The number of aliphatic imine (C=N–C) groups is 1. The highest BCUT2D eigenvalue weighted by molar-refractivity contribution is 14.0. The molecular formula is C21H32IN5O. The molecule has 1 aromatic carbocycles. The normalized spacial score (nSPS) is 17.1. The Hall–Kier alpha value is -1.61. The first-order chi connectivity index (χ1) is 13.1. The minimum Gasteiger partial charge on any atom is -0.439 e. The number of guanidine groups is 1. The van der Waals surface area contributed by atoms with Crippen molar-refractivity contribution >= 4 is 29.9 Å². The number of hydrogen-bond donors (Lipinski definition) is 1. The smallest absolute Gasteiger partial charge is 0.214 e. The average molecular weight is 497 g/mol. The number of halogens is 1. The summed E-state index contributed by atoms with van der Waals surface area (Å²) in [6, 6.07) is 8.88. The molecule has 1 saturated heterocycles. The van der Waals surface area contributed by atoms with Crippen LogP contribution in [0.1, 0.15) is 31.7 Å². The number of rotatable bonds is 6. The summed E-state index contributed by atoms with van der Waals surface area (Å²) in [5.41, 5.74) is 2.28. The zero-order chi connectivity index (χ0) is 19.2. The number of nitrogens with one attached hydrogen (secondary N) is 1. The summed E-state index contributed by atoms with van der Waals surface area (Å²) >= 11 is 0. The van der Waals surface area contributed by atoms with Gasteiger partial charge in [0.05, 0.1) is 12.7 Å². The third-order valence-corrected chi connectivity index (χ3v) is 5.29. The van der Waals surface area contributed by atoms with Crippen LogP contribution in [0.25, 0.3) is 11.3 Å². The monoisotopic (exact) mass is 497 g/mol. The predicted molar refractivity (Wildman–Crippen MR) is 125 cm³/mol. The Morgan fingerprint density at radius 2 is 2.00 bits per heavy atom. The number of aromatic nitrogens is 1. The van der Waals surface area contributed by atoms with Crippen LogP contribution >= 0.6 is 24.0 Å². The first-order valence-electron chi connectivity index (χ1n) is 9.86. The van der Waals surface area contributed by atoms with E-state index in [4.69, 9.17) is 4.42 Å². The minimum absolute atomic E-state index is 0. The van der Waals surface area contributed by atoms with Gasteiger partial charge >= 0.3 is 0 Å². The number of benzene rings is 1. The van der Waals surface area contributed by atoms with Crippen LogP contribution in [-0.4, -0.2) is 60.0 Å². The van der Waals surface area contributed by atoms with Crippen LogP contribution < -0.4 is 5.32 Å². The van der Waals surface area contributed by atoms with Gasteiger partial charge in [-0.05, 0) is 26.4 Å². The molecule has 154 valence electrons. The van der Waals surface area contributed by atoms with Gasteiger partial charge in [-0.1, -0.05) is 43.7 Å². The molecule has 1 aromatic heterocycles. The summed E-state index contributed by atoms with van der Waals surface area (Å²) in [5, 5.41) is 3.40. The predicted octanol–water partition coefficient (Wildman–Crippen LogP) is 3.76. The summed E-state index contributed by atoms with van der Waals surface area (Å²) < 4.78 is 5.91. The third kappa shape index (κ3) is 5.47. The second kappa shape index (κ2) is 10.8. The maximum Gasteiger partial charge on any atom is 0.214 e. The van der Waals surface area contributed by atoms with Crippen molar-refractivity contribution in [2.75, 3.05) is 33.2 Å². The van der Waals surface area contributed by atoms with Crippen molar-refractivity contribution in [3.05, 3.63) is 41.9 Å². The molecule has 1 N–H and O–H groups in total. The fraction of sp³-hybridized carbons (Fsp3) is 0.524. The summed E-state index contributed by atoms with van der Waals surface area (Å²) in [4.78, 5) is 13.7. The molecule has 0 saturated carbocycles. The summed E-state index contributed by atoms with van der Waals surface area (Å²) in [6.45, 7) is 11.3. The van der Waals surface area contributed by atoms with E-state index >= 15 is 0 Å². The SMILES string of the molecule is CCN(CC)C1CCN(C(=NC)NCc2ncc(-c3ccc(C)cc3)o2)C1.I. The molecule has 1 aliphatic rings. The lowest BCUT2D eigenvalue weighted by Gasteiger charge is -2.27. The highest BCUT2D eigenvalue weighted by Crippen LogP contribution is 2.21. The lowest BCUT2D eigenvalue weighted by molar-refractivity contribution is 0.223. The lowest BCUT2D eigenvalue weighted by Crippen LogP contribution is -2.43. The van der Waals surface area contributed by atoms with E-state index < -0.39 is 0 Å². The Kier molecular flexibility index (Phi) is 8.75. The number of oxazole rings is 1. The molecule has 1 unspecified atom stereocenters. The fourth-order valence-corrected chi connectivity index (χ4v) is 3.70. The first kappa shape index (κ1) is 22.7. The van der Waals surface area contributed by atoms with E-state index in [1.807, 2.05) is 7.05 Å². The minimum atomic E-state index is 0. The van der Waals surface area contributed by atoms with Crippen molar-refractivity contribution in [3.8, 4) is 11.3 Å². The molecule has 2 aromatic rings. The van der Waals surface area contributed by atoms with Crippen LogP contribution in [0.5, 0.6) is 0 Å². The van der Waals surface area contributed by atoms with Crippen LogP contribution in [0.15, 0.2) is 39.9 Å². The Morgan fingerprint density at radius 3 is 2.64 bits per heavy atom. The molecule has 28 heavy (non-hydrogen) atoms. The average Bonchev–Trinajstić information content (AvgIpc) is 3.34. The van der Waals surface area contributed by atoms with Crippen molar-refractivity contribution in [3.63, 3.8) is 0 Å². The van der Waals surface area contributed by atoms with Gasteiger partial charge in [-0.25, -0.2) is 4.98 Å². The lowest BCUT2D eigenvalue weighted by atomic mass is 10.1. The molecule has 3 rings (SSSR count). The highest BCUT2D eigenvalue weighted by Gasteiger charge is 2.28. The number of nitrogens with zero attached hydrogens (tertiary/aromatic N) is 4. The third-order valence-electron chi connectivity index (χ3n) is 5.29. The van der Waals surface area contributed by atoms with Crippen molar-refractivity contribution in [2.24, 2.45) is 4.99 Å². The molecular weight excluding hydrogens is 465 g/mol. The van der Waals surface area contributed by atoms with Gasteiger partial charge in [-0.2, -0.15) is 0 Å². The van der Waals surface area contributed by atoms with Crippen LogP contribution in [0.2, 0.25) is 0 Å². The van der Waals surface area contributed by atoms with E-state index in [1.165, 1.54) is 12.0 Å². The largest absolute Gasteiger partial charge is 0.439 e. The van der Waals surface area contributed by atoms with Gasteiger partial charge in [0.2, 0.25) is 5.89 Å². The van der Waals surface area contributed by atoms with Gasteiger partial charge in [0, 0.05) is 31.7 Å². The van der Waals surface area contributed by atoms with Crippen LogP contribution in [-0.2, 0) is 6.54 Å². The van der Waals surface area contributed by atoms with Crippen LogP contribution in [0, 0.1) is 6.92 Å². The molecule has 0 amide bonds. The van der Waals surface area contributed by atoms with Crippen molar-refractivity contribution in [2.45, 2.75) is 39.8 Å². The zero-order valence-corrected chi connectivity index (χ0v) is 19.6.